The van der Waals surface area contributed by atoms with Gasteiger partial charge in [-0.25, -0.2) is 0 Å². The number of carboxylic acid groups (broad SMARTS) is 1. The predicted octanol–water partition coefficient (Wildman–Crippen LogP) is 3.30. The molecule has 0 spiro atoms. The van der Waals surface area contributed by atoms with Crippen LogP contribution in [0.2, 0.25) is 0 Å². The van der Waals surface area contributed by atoms with Crippen molar-refractivity contribution < 1.29 is 19.4 Å². The molecule has 0 radical (unpaired) electrons. The fraction of sp³-hybridized carbons (Fsp3) is 0.263. The molecule has 124 valence electrons. The maximum absolute atomic E-state index is 13.0. The van der Waals surface area contributed by atoms with E-state index < -0.39 is 11.9 Å². The quantitative estimate of drug-likeness (QED) is 0.940. The van der Waals surface area contributed by atoms with Crippen molar-refractivity contribution in [2.45, 2.75) is 25.3 Å². The average molecular weight is 325 g/mol. The number of methoxy groups -OCH3 is 1. The summed E-state index contributed by atoms with van der Waals surface area (Å²) in [7, 11) is 1.58. The molecule has 24 heavy (non-hydrogen) atoms. The molecule has 2 aromatic rings. The molecular weight excluding hydrogens is 306 g/mol. The van der Waals surface area contributed by atoms with Gasteiger partial charge in [-0.15, -0.1) is 0 Å². The Kier molecular flexibility index (Phi) is 4.25. The van der Waals surface area contributed by atoms with Crippen molar-refractivity contribution in [1.82, 2.24) is 0 Å². The van der Waals surface area contributed by atoms with E-state index in [0.717, 1.165) is 0 Å². The molecule has 5 heteroatoms. The maximum Gasteiger partial charge on any atom is 0.311 e. The third-order valence-corrected chi connectivity index (χ3v) is 4.44. The van der Waals surface area contributed by atoms with Crippen molar-refractivity contribution in [2.75, 3.05) is 12.0 Å². The summed E-state index contributed by atoms with van der Waals surface area (Å²) in [5.41, 5.74) is 1.90. The molecule has 2 atom stereocenters. The highest BCUT2D eigenvalue weighted by atomic mass is 16.5. The van der Waals surface area contributed by atoms with Gasteiger partial charge in [0.1, 0.15) is 5.75 Å². The molecule has 3 rings (SSSR count). The Morgan fingerprint density at radius 1 is 1.12 bits per heavy atom. The minimum atomic E-state index is -0.856. The fourth-order valence-electron chi connectivity index (χ4n) is 3.23. The molecule has 0 saturated heterocycles. The van der Waals surface area contributed by atoms with Gasteiger partial charge in [0, 0.05) is 17.3 Å². The van der Waals surface area contributed by atoms with E-state index in [2.05, 4.69) is 0 Å². The minimum Gasteiger partial charge on any atom is -0.497 e. The van der Waals surface area contributed by atoms with Gasteiger partial charge in [0.15, 0.2) is 0 Å². The number of carbonyl (C=O) groups is 2. The number of amides is 1. The molecule has 1 N–H and O–H groups in total. The Morgan fingerprint density at radius 2 is 1.79 bits per heavy atom. The van der Waals surface area contributed by atoms with E-state index in [-0.39, 0.29) is 11.9 Å². The molecule has 1 amide bonds. The second kappa shape index (κ2) is 6.35. The van der Waals surface area contributed by atoms with Crippen LogP contribution in [-0.4, -0.2) is 30.1 Å². The number of aliphatic carboxylic acids is 1. The lowest BCUT2D eigenvalue weighted by atomic mass is 9.85. The van der Waals surface area contributed by atoms with Crippen LogP contribution in [0, 0.1) is 0 Å². The number of ether oxygens (including phenoxy) is 1. The number of nitrogens with zero attached hydrogens (tertiary/aromatic N) is 1. The third-order valence-electron chi connectivity index (χ3n) is 4.44. The lowest BCUT2D eigenvalue weighted by Gasteiger charge is -2.38. The molecule has 0 bridgehead atoms. The highest BCUT2D eigenvalue weighted by molar-refractivity contribution is 6.07. The Balaban J connectivity index is 2.01. The Morgan fingerprint density at radius 3 is 2.42 bits per heavy atom. The molecule has 0 saturated carbocycles. The van der Waals surface area contributed by atoms with Crippen LogP contribution in [0.25, 0.3) is 0 Å². The number of benzene rings is 2. The summed E-state index contributed by atoms with van der Waals surface area (Å²) in [6.45, 7) is 1.88. The van der Waals surface area contributed by atoms with Gasteiger partial charge in [-0.1, -0.05) is 18.2 Å². The molecular formula is C19H19NO4. The van der Waals surface area contributed by atoms with E-state index in [1.807, 2.05) is 19.1 Å². The minimum absolute atomic E-state index is 0.138. The molecule has 5 nitrogen and oxygen atoms in total. The zero-order valence-electron chi connectivity index (χ0n) is 13.6. The normalized spacial score (nSPS) is 19.5. The highest BCUT2D eigenvalue weighted by Crippen LogP contribution is 2.39. The predicted molar refractivity (Wildman–Crippen MR) is 90.7 cm³/mol. The zero-order chi connectivity index (χ0) is 17.3. The third kappa shape index (κ3) is 2.73. The maximum atomic E-state index is 13.0. The van der Waals surface area contributed by atoms with Gasteiger partial charge >= 0.3 is 5.97 Å². The number of rotatable bonds is 3. The summed E-state index contributed by atoms with van der Waals surface area (Å²) in [4.78, 5) is 26.2. The van der Waals surface area contributed by atoms with E-state index >= 15 is 0 Å². The zero-order valence-corrected chi connectivity index (χ0v) is 13.6. The molecule has 1 aliphatic heterocycles. The smallest absolute Gasteiger partial charge is 0.311 e. The van der Waals surface area contributed by atoms with Gasteiger partial charge in [-0.3, -0.25) is 9.59 Å². The van der Waals surface area contributed by atoms with E-state index in [4.69, 9.17) is 4.74 Å². The summed E-state index contributed by atoms with van der Waals surface area (Å²) >= 11 is 0. The monoisotopic (exact) mass is 325 g/mol. The standard InChI is InChI=1S/C19H19NO4/c1-12-11-16(19(22)23)15-5-3-4-6-17(15)20(12)18(21)13-7-9-14(24-2)10-8-13/h3-10,12,16H,11H2,1-2H3,(H,22,23). The van der Waals surface area contributed by atoms with E-state index in [9.17, 15) is 14.7 Å². The van der Waals surface area contributed by atoms with Crippen LogP contribution in [0.15, 0.2) is 48.5 Å². The van der Waals surface area contributed by atoms with Crippen molar-refractivity contribution in [3.63, 3.8) is 0 Å². The first-order valence-electron chi connectivity index (χ1n) is 7.82. The van der Waals surface area contributed by atoms with Crippen LogP contribution in [0.3, 0.4) is 0 Å². The summed E-state index contributed by atoms with van der Waals surface area (Å²) in [6.07, 6.45) is 0.397. The van der Waals surface area contributed by atoms with Crippen LogP contribution >= 0.6 is 0 Å². The molecule has 2 aromatic carbocycles. The Bertz CT molecular complexity index is 769. The SMILES string of the molecule is COc1ccc(C(=O)N2c3ccccc3C(C(=O)O)CC2C)cc1. The second-order valence-corrected chi connectivity index (χ2v) is 5.94. The van der Waals surface area contributed by atoms with Crippen LogP contribution in [0.4, 0.5) is 5.69 Å². The summed E-state index contributed by atoms with van der Waals surface area (Å²) in [5, 5.41) is 9.49. The van der Waals surface area contributed by atoms with Gasteiger partial charge in [0.2, 0.25) is 0 Å². The molecule has 2 unspecified atom stereocenters. The van der Waals surface area contributed by atoms with E-state index in [1.165, 1.54) is 0 Å². The van der Waals surface area contributed by atoms with Crippen LogP contribution in [-0.2, 0) is 4.79 Å². The van der Waals surface area contributed by atoms with Gasteiger partial charge in [0.25, 0.3) is 5.91 Å². The van der Waals surface area contributed by atoms with Gasteiger partial charge in [0.05, 0.1) is 13.0 Å². The van der Waals surface area contributed by atoms with Gasteiger partial charge in [-0.05, 0) is 49.2 Å². The number of para-hydroxylation sites is 1. The topological polar surface area (TPSA) is 66.8 Å². The van der Waals surface area contributed by atoms with E-state index in [0.29, 0.717) is 29.0 Å². The fourth-order valence-corrected chi connectivity index (χ4v) is 3.23. The van der Waals surface area contributed by atoms with Crippen molar-refractivity contribution in [2.24, 2.45) is 0 Å². The number of anilines is 1. The lowest BCUT2D eigenvalue weighted by molar-refractivity contribution is -0.139. The highest BCUT2D eigenvalue weighted by Gasteiger charge is 2.37. The molecule has 0 aliphatic carbocycles. The number of fused-ring (bicyclic) bond motifs is 1. The van der Waals surface area contributed by atoms with Crippen molar-refractivity contribution in [3.05, 3.63) is 59.7 Å². The number of carbonyl (C=O) groups excluding carboxylic acids is 1. The second-order valence-electron chi connectivity index (χ2n) is 5.94. The summed E-state index contributed by atoms with van der Waals surface area (Å²) < 4.78 is 5.12. The number of hydrogen-bond donors (Lipinski definition) is 1. The lowest BCUT2D eigenvalue weighted by Crippen LogP contribution is -2.44. The van der Waals surface area contributed by atoms with Crippen LogP contribution in [0.1, 0.15) is 35.2 Å². The van der Waals surface area contributed by atoms with Crippen molar-refractivity contribution >= 4 is 17.6 Å². The summed E-state index contributed by atoms with van der Waals surface area (Å²) in [5.74, 6) is -0.895. The molecule has 0 fully saturated rings. The first kappa shape index (κ1) is 16.1. The molecule has 1 aliphatic rings. The Labute approximate surface area is 140 Å². The Hall–Kier alpha value is -2.82. The summed E-state index contributed by atoms with van der Waals surface area (Å²) in [6, 6.07) is 14.0. The van der Waals surface area contributed by atoms with Gasteiger partial charge in [-0.2, -0.15) is 0 Å². The van der Waals surface area contributed by atoms with Gasteiger partial charge < -0.3 is 14.7 Å². The van der Waals surface area contributed by atoms with Crippen LogP contribution < -0.4 is 9.64 Å². The van der Waals surface area contributed by atoms with Crippen molar-refractivity contribution in [3.8, 4) is 5.75 Å². The average Bonchev–Trinajstić information content (AvgIpc) is 2.60. The van der Waals surface area contributed by atoms with E-state index in [1.54, 1.807) is 48.4 Å². The largest absolute Gasteiger partial charge is 0.497 e. The first-order chi connectivity index (χ1) is 11.5. The number of carboxylic acids is 1. The first-order valence-corrected chi connectivity index (χ1v) is 7.82. The van der Waals surface area contributed by atoms with Crippen molar-refractivity contribution in [1.29, 1.82) is 0 Å². The number of hydrogen-bond acceptors (Lipinski definition) is 3. The molecule has 1 heterocycles. The molecule has 0 aromatic heterocycles. The van der Waals surface area contributed by atoms with Crippen LogP contribution in [0.5, 0.6) is 5.75 Å².